The SMILES string of the molecule is CCC(CO)NC(=O)Cc1cn2cccc(C)c2n1. The van der Waals surface area contributed by atoms with Crippen molar-refractivity contribution in [2.24, 2.45) is 0 Å². The summed E-state index contributed by atoms with van der Waals surface area (Å²) in [5.41, 5.74) is 2.69. The van der Waals surface area contributed by atoms with Gasteiger partial charge in [-0.25, -0.2) is 4.98 Å². The lowest BCUT2D eigenvalue weighted by molar-refractivity contribution is -0.121. The second-order valence-corrected chi connectivity index (χ2v) is 4.69. The molecule has 0 spiro atoms. The molecular weight excluding hydrogens is 242 g/mol. The van der Waals surface area contributed by atoms with Crippen molar-refractivity contribution in [2.45, 2.75) is 32.7 Å². The number of carbonyl (C=O) groups excluding carboxylic acids is 1. The maximum atomic E-state index is 11.8. The lowest BCUT2D eigenvalue weighted by Gasteiger charge is -2.13. The molecule has 2 heterocycles. The van der Waals surface area contributed by atoms with Crippen molar-refractivity contribution >= 4 is 11.6 Å². The molecule has 0 fully saturated rings. The van der Waals surface area contributed by atoms with Crippen LogP contribution in [0.25, 0.3) is 5.65 Å². The molecule has 2 aromatic rings. The lowest BCUT2D eigenvalue weighted by Crippen LogP contribution is -2.37. The minimum absolute atomic E-state index is 0.0352. The Morgan fingerprint density at radius 2 is 2.37 bits per heavy atom. The van der Waals surface area contributed by atoms with Gasteiger partial charge in [-0.3, -0.25) is 4.79 Å². The van der Waals surface area contributed by atoms with Gasteiger partial charge in [0, 0.05) is 12.4 Å². The molecule has 2 aromatic heterocycles. The first-order chi connectivity index (χ1) is 9.13. The highest BCUT2D eigenvalue weighted by molar-refractivity contribution is 5.78. The van der Waals surface area contributed by atoms with E-state index in [1.165, 1.54) is 0 Å². The summed E-state index contributed by atoms with van der Waals surface area (Å²) in [6, 6.07) is 3.77. The molecule has 0 aliphatic heterocycles. The predicted octanol–water partition coefficient (Wildman–Crippen LogP) is 1.07. The molecule has 0 saturated carbocycles. The van der Waals surface area contributed by atoms with E-state index in [0.29, 0.717) is 6.42 Å². The first-order valence-electron chi connectivity index (χ1n) is 6.47. The summed E-state index contributed by atoms with van der Waals surface area (Å²) < 4.78 is 1.92. The van der Waals surface area contributed by atoms with Crippen LogP contribution in [0.1, 0.15) is 24.6 Å². The van der Waals surface area contributed by atoms with Gasteiger partial charge in [0.05, 0.1) is 24.8 Å². The van der Waals surface area contributed by atoms with Crippen molar-refractivity contribution in [1.29, 1.82) is 0 Å². The molecular formula is C14H19N3O2. The van der Waals surface area contributed by atoms with Crippen molar-refractivity contribution in [3.8, 4) is 0 Å². The van der Waals surface area contributed by atoms with Gasteiger partial charge in [0.25, 0.3) is 0 Å². The highest BCUT2D eigenvalue weighted by Crippen LogP contribution is 2.10. The third-order valence-electron chi connectivity index (χ3n) is 3.15. The molecule has 1 atom stereocenters. The molecule has 5 heteroatoms. The van der Waals surface area contributed by atoms with Crippen LogP contribution in [0.4, 0.5) is 0 Å². The minimum atomic E-state index is -0.175. The first kappa shape index (κ1) is 13.5. The Labute approximate surface area is 112 Å². The maximum Gasteiger partial charge on any atom is 0.226 e. The van der Waals surface area contributed by atoms with E-state index in [1.54, 1.807) is 0 Å². The van der Waals surface area contributed by atoms with E-state index in [2.05, 4.69) is 10.3 Å². The van der Waals surface area contributed by atoms with Crippen LogP contribution >= 0.6 is 0 Å². The number of aromatic nitrogens is 2. The zero-order chi connectivity index (χ0) is 13.8. The minimum Gasteiger partial charge on any atom is -0.394 e. The molecule has 1 amide bonds. The molecule has 102 valence electrons. The molecule has 2 rings (SSSR count). The van der Waals surface area contributed by atoms with Crippen molar-refractivity contribution in [2.75, 3.05) is 6.61 Å². The monoisotopic (exact) mass is 261 g/mol. The van der Waals surface area contributed by atoms with E-state index >= 15 is 0 Å². The number of hydrogen-bond donors (Lipinski definition) is 2. The number of fused-ring (bicyclic) bond motifs is 1. The van der Waals surface area contributed by atoms with Crippen LogP contribution < -0.4 is 5.32 Å². The highest BCUT2D eigenvalue weighted by Gasteiger charge is 2.12. The number of aliphatic hydroxyl groups is 1. The number of carbonyl (C=O) groups is 1. The van der Waals surface area contributed by atoms with Gasteiger partial charge in [0.1, 0.15) is 5.65 Å². The molecule has 19 heavy (non-hydrogen) atoms. The highest BCUT2D eigenvalue weighted by atomic mass is 16.3. The Hall–Kier alpha value is -1.88. The summed E-state index contributed by atoms with van der Waals surface area (Å²) in [5, 5.41) is 11.8. The van der Waals surface area contributed by atoms with Gasteiger partial charge in [-0.15, -0.1) is 0 Å². The van der Waals surface area contributed by atoms with E-state index in [1.807, 2.05) is 42.8 Å². The van der Waals surface area contributed by atoms with Crippen LogP contribution in [0.15, 0.2) is 24.5 Å². The lowest BCUT2D eigenvalue weighted by atomic mass is 10.2. The van der Waals surface area contributed by atoms with Crippen LogP contribution in [-0.2, 0) is 11.2 Å². The van der Waals surface area contributed by atoms with Gasteiger partial charge in [0.2, 0.25) is 5.91 Å². The summed E-state index contributed by atoms with van der Waals surface area (Å²) in [4.78, 5) is 16.3. The van der Waals surface area contributed by atoms with E-state index in [0.717, 1.165) is 16.9 Å². The number of aliphatic hydroxyl groups excluding tert-OH is 1. The summed E-state index contributed by atoms with van der Waals surface area (Å²) in [7, 11) is 0. The molecule has 1 unspecified atom stereocenters. The quantitative estimate of drug-likeness (QED) is 0.846. The zero-order valence-electron chi connectivity index (χ0n) is 11.3. The average Bonchev–Trinajstić information content (AvgIpc) is 2.79. The largest absolute Gasteiger partial charge is 0.394 e. The Bertz CT molecular complexity index is 573. The normalized spacial score (nSPS) is 12.6. The number of amides is 1. The van der Waals surface area contributed by atoms with E-state index in [-0.39, 0.29) is 25.0 Å². The third kappa shape index (κ3) is 3.12. The summed E-state index contributed by atoms with van der Waals surface area (Å²) in [5.74, 6) is -0.109. The van der Waals surface area contributed by atoms with Crippen LogP contribution in [-0.4, -0.2) is 33.0 Å². The number of nitrogens with one attached hydrogen (secondary N) is 1. The summed E-state index contributed by atoms with van der Waals surface area (Å²) in [6.07, 6.45) is 4.73. The number of imidazole rings is 1. The summed E-state index contributed by atoms with van der Waals surface area (Å²) in [6.45, 7) is 3.88. The summed E-state index contributed by atoms with van der Waals surface area (Å²) >= 11 is 0. The van der Waals surface area contributed by atoms with Gasteiger partial charge < -0.3 is 14.8 Å². The van der Waals surface area contributed by atoms with Gasteiger partial charge in [0.15, 0.2) is 0 Å². The fourth-order valence-corrected chi connectivity index (χ4v) is 2.01. The molecule has 2 N–H and O–H groups in total. The standard InChI is InChI=1S/C14H19N3O2/c1-3-11(9-18)15-13(19)7-12-8-17-6-4-5-10(2)14(17)16-12/h4-6,8,11,18H,3,7,9H2,1-2H3,(H,15,19). The van der Waals surface area contributed by atoms with Crippen molar-refractivity contribution in [3.63, 3.8) is 0 Å². The predicted molar refractivity (Wildman–Crippen MR) is 72.9 cm³/mol. The van der Waals surface area contributed by atoms with Crippen molar-refractivity contribution < 1.29 is 9.90 Å². The van der Waals surface area contributed by atoms with Crippen molar-refractivity contribution in [3.05, 3.63) is 35.8 Å². The number of hydrogen-bond acceptors (Lipinski definition) is 3. The van der Waals surface area contributed by atoms with Crippen LogP contribution in [0, 0.1) is 6.92 Å². The molecule has 0 bridgehead atoms. The van der Waals surface area contributed by atoms with E-state index in [4.69, 9.17) is 5.11 Å². The second-order valence-electron chi connectivity index (χ2n) is 4.69. The maximum absolute atomic E-state index is 11.8. The second kappa shape index (κ2) is 5.84. The Kier molecular flexibility index (Phi) is 4.16. The number of pyridine rings is 1. The molecule has 0 aliphatic carbocycles. The molecule has 0 saturated heterocycles. The van der Waals surface area contributed by atoms with Gasteiger partial charge >= 0.3 is 0 Å². The topological polar surface area (TPSA) is 66.6 Å². The Morgan fingerprint density at radius 3 is 3.00 bits per heavy atom. The fraction of sp³-hybridized carbons (Fsp3) is 0.429. The van der Waals surface area contributed by atoms with Crippen LogP contribution in [0.5, 0.6) is 0 Å². The fourth-order valence-electron chi connectivity index (χ4n) is 2.01. The van der Waals surface area contributed by atoms with Crippen LogP contribution in [0.2, 0.25) is 0 Å². The Balaban J connectivity index is 2.09. The number of aryl methyl sites for hydroxylation is 1. The van der Waals surface area contributed by atoms with E-state index < -0.39 is 0 Å². The third-order valence-corrected chi connectivity index (χ3v) is 3.15. The van der Waals surface area contributed by atoms with E-state index in [9.17, 15) is 4.79 Å². The van der Waals surface area contributed by atoms with Gasteiger partial charge in [-0.2, -0.15) is 0 Å². The first-order valence-corrected chi connectivity index (χ1v) is 6.47. The number of nitrogens with zero attached hydrogens (tertiary/aromatic N) is 2. The Morgan fingerprint density at radius 1 is 1.58 bits per heavy atom. The molecule has 0 aliphatic rings. The number of rotatable bonds is 5. The van der Waals surface area contributed by atoms with Gasteiger partial charge in [-0.05, 0) is 25.0 Å². The average molecular weight is 261 g/mol. The molecule has 0 aromatic carbocycles. The van der Waals surface area contributed by atoms with Crippen molar-refractivity contribution in [1.82, 2.24) is 14.7 Å². The molecule has 5 nitrogen and oxygen atoms in total. The van der Waals surface area contributed by atoms with Gasteiger partial charge in [-0.1, -0.05) is 13.0 Å². The smallest absolute Gasteiger partial charge is 0.226 e. The zero-order valence-corrected chi connectivity index (χ0v) is 11.3. The molecule has 0 radical (unpaired) electrons. The van der Waals surface area contributed by atoms with Crippen LogP contribution in [0.3, 0.4) is 0 Å².